The topological polar surface area (TPSA) is 75.6 Å². The average molecular weight is 223 g/mol. The van der Waals surface area contributed by atoms with E-state index in [1.807, 2.05) is 0 Å². The molecule has 0 unspecified atom stereocenters. The van der Waals surface area contributed by atoms with Crippen LogP contribution in [0.1, 0.15) is 24.2 Å². The van der Waals surface area contributed by atoms with Gasteiger partial charge in [0.15, 0.2) is 5.75 Å². The summed E-state index contributed by atoms with van der Waals surface area (Å²) in [5.41, 5.74) is 0.228. The molecule has 0 radical (unpaired) electrons. The molecule has 0 aromatic heterocycles. The molecule has 0 spiro atoms. The third kappa shape index (κ3) is 2.73. The van der Waals surface area contributed by atoms with Crippen LogP contribution >= 0.6 is 0 Å². The number of benzene rings is 1. The van der Waals surface area contributed by atoms with E-state index >= 15 is 0 Å². The molecule has 1 amide bonds. The van der Waals surface area contributed by atoms with E-state index in [2.05, 4.69) is 5.32 Å². The van der Waals surface area contributed by atoms with E-state index in [4.69, 9.17) is 4.74 Å². The molecule has 0 saturated carbocycles. The number of rotatable bonds is 3. The standard InChI is InChI=1S/C11H13NO4/c1-3-16-11(15)8-5-4-6-9(10(8)14)12-7(2)13/h4-6,14H,3H2,1-2H3,(H,12,13). The fourth-order valence-electron chi connectivity index (χ4n) is 1.21. The van der Waals surface area contributed by atoms with E-state index in [0.29, 0.717) is 0 Å². The molecule has 5 heteroatoms. The van der Waals surface area contributed by atoms with Crippen LogP contribution in [0.3, 0.4) is 0 Å². The summed E-state index contributed by atoms with van der Waals surface area (Å²) in [7, 11) is 0. The smallest absolute Gasteiger partial charge is 0.341 e. The van der Waals surface area contributed by atoms with E-state index in [1.165, 1.54) is 19.1 Å². The van der Waals surface area contributed by atoms with Gasteiger partial charge in [0.25, 0.3) is 0 Å². The highest BCUT2D eigenvalue weighted by atomic mass is 16.5. The Morgan fingerprint density at radius 1 is 1.44 bits per heavy atom. The van der Waals surface area contributed by atoms with Crippen LogP contribution in [0.4, 0.5) is 5.69 Å². The van der Waals surface area contributed by atoms with E-state index in [9.17, 15) is 14.7 Å². The summed E-state index contributed by atoms with van der Waals surface area (Å²) in [6.07, 6.45) is 0. The van der Waals surface area contributed by atoms with E-state index < -0.39 is 5.97 Å². The molecule has 0 aliphatic rings. The van der Waals surface area contributed by atoms with Crippen LogP contribution in [0, 0.1) is 0 Å². The van der Waals surface area contributed by atoms with Crippen molar-refractivity contribution in [2.45, 2.75) is 13.8 Å². The average Bonchev–Trinajstić information content (AvgIpc) is 2.21. The van der Waals surface area contributed by atoms with E-state index in [-0.39, 0.29) is 29.5 Å². The summed E-state index contributed by atoms with van der Waals surface area (Å²) in [5.74, 6) is -1.22. The molecule has 0 atom stereocenters. The molecule has 1 aromatic carbocycles. The summed E-state index contributed by atoms with van der Waals surface area (Å²) >= 11 is 0. The number of esters is 1. The van der Waals surface area contributed by atoms with Gasteiger partial charge < -0.3 is 15.2 Å². The number of hydrogen-bond acceptors (Lipinski definition) is 4. The predicted octanol–water partition coefficient (Wildman–Crippen LogP) is 1.53. The van der Waals surface area contributed by atoms with Crippen molar-refractivity contribution in [3.63, 3.8) is 0 Å². The zero-order valence-corrected chi connectivity index (χ0v) is 9.11. The van der Waals surface area contributed by atoms with Gasteiger partial charge >= 0.3 is 5.97 Å². The SMILES string of the molecule is CCOC(=O)c1cccc(NC(C)=O)c1O. The Bertz CT molecular complexity index is 414. The molecular weight excluding hydrogens is 210 g/mol. The molecule has 86 valence electrons. The van der Waals surface area contributed by atoms with E-state index in [0.717, 1.165) is 0 Å². The second kappa shape index (κ2) is 5.16. The Kier molecular flexibility index (Phi) is 3.88. The van der Waals surface area contributed by atoms with Gasteiger partial charge in [0, 0.05) is 6.92 Å². The van der Waals surface area contributed by atoms with Crippen LogP contribution in [0.15, 0.2) is 18.2 Å². The van der Waals surface area contributed by atoms with Gasteiger partial charge in [0.05, 0.1) is 12.3 Å². The molecular formula is C11H13NO4. The Morgan fingerprint density at radius 2 is 2.12 bits per heavy atom. The maximum absolute atomic E-state index is 11.4. The summed E-state index contributed by atoms with van der Waals surface area (Å²) in [5, 5.41) is 12.1. The van der Waals surface area contributed by atoms with Crippen LogP contribution in [0.2, 0.25) is 0 Å². The van der Waals surface area contributed by atoms with Gasteiger partial charge in [-0.15, -0.1) is 0 Å². The fraction of sp³-hybridized carbons (Fsp3) is 0.273. The number of anilines is 1. The monoisotopic (exact) mass is 223 g/mol. The molecule has 0 aliphatic carbocycles. The third-order valence-corrected chi connectivity index (χ3v) is 1.84. The lowest BCUT2D eigenvalue weighted by atomic mass is 10.1. The zero-order chi connectivity index (χ0) is 12.1. The van der Waals surface area contributed by atoms with Gasteiger partial charge in [-0.1, -0.05) is 6.07 Å². The van der Waals surface area contributed by atoms with Crippen molar-refractivity contribution in [1.82, 2.24) is 0 Å². The number of aromatic hydroxyl groups is 1. The number of phenols is 1. The quantitative estimate of drug-likeness (QED) is 0.601. The van der Waals surface area contributed by atoms with Crippen molar-refractivity contribution < 1.29 is 19.4 Å². The molecule has 0 bridgehead atoms. The van der Waals surface area contributed by atoms with Crippen LogP contribution < -0.4 is 5.32 Å². The van der Waals surface area contributed by atoms with Crippen molar-refractivity contribution in [3.05, 3.63) is 23.8 Å². The first kappa shape index (κ1) is 12.0. The lowest BCUT2D eigenvalue weighted by molar-refractivity contribution is -0.114. The normalized spacial score (nSPS) is 9.62. The molecule has 0 heterocycles. The van der Waals surface area contributed by atoms with Gasteiger partial charge in [-0.3, -0.25) is 4.79 Å². The largest absolute Gasteiger partial charge is 0.505 e. The number of nitrogens with one attached hydrogen (secondary N) is 1. The second-order valence-corrected chi connectivity index (χ2v) is 3.10. The Labute approximate surface area is 93.0 Å². The van der Waals surface area contributed by atoms with Crippen molar-refractivity contribution in [2.75, 3.05) is 11.9 Å². The molecule has 1 rings (SSSR count). The van der Waals surface area contributed by atoms with Crippen LogP contribution in [-0.4, -0.2) is 23.6 Å². The number of phenolic OH excluding ortho intramolecular Hbond substituents is 1. The van der Waals surface area contributed by atoms with Crippen LogP contribution in [0.5, 0.6) is 5.75 Å². The first-order valence-corrected chi connectivity index (χ1v) is 4.83. The molecule has 0 fully saturated rings. The second-order valence-electron chi connectivity index (χ2n) is 3.10. The summed E-state index contributed by atoms with van der Waals surface area (Å²) in [6, 6.07) is 4.48. The summed E-state index contributed by atoms with van der Waals surface area (Å²) in [4.78, 5) is 22.2. The van der Waals surface area contributed by atoms with E-state index in [1.54, 1.807) is 13.0 Å². The maximum Gasteiger partial charge on any atom is 0.341 e. The van der Waals surface area contributed by atoms with Crippen LogP contribution in [0.25, 0.3) is 0 Å². The molecule has 1 aromatic rings. The highest BCUT2D eigenvalue weighted by molar-refractivity contribution is 5.97. The molecule has 2 N–H and O–H groups in total. The highest BCUT2D eigenvalue weighted by Gasteiger charge is 2.15. The van der Waals surface area contributed by atoms with Gasteiger partial charge in [0.2, 0.25) is 5.91 Å². The van der Waals surface area contributed by atoms with Gasteiger partial charge in [-0.2, -0.15) is 0 Å². The minimum absolute atomic E-state index is 0.0353. The first-order valence-electron chi connectivity index (χ1n) is 4.83. The third-order valence-electron chi connectivity index (χ3n) is 1.84. The van der Waals surface area contributed by atoms with Crippen molar-refractivity contribution >= 4 is 17.6 Å². The molecule has 0 aliphatic heterocycles. The number of carbonyl (C=O) groups is 2. The van der Waals surface area contributed by atoms with Gasteiger partial charge in [0.1, 0.15) is 5.56 Å². The van der Waals surface area contributed by atoms with Crippen molar-refractivity contribution in [2.24, 2.45) is 0 Å². The zero-order valence-electron chi connectivity index (χ0n) is 9.11. The minimum Gasteiger partial charge on any atom is -0.505 e. The number of ether oxygens (including phenoxy) is 1. The number of amides is 1. The number of carbonyl (C=O) groups excluding carboxylic acids is 2. The number of para-hydroxylation sites is 1. The van der Waals surface area contributed by atoms with Gasteiger partial charge in [-0.05, 0) is 19.1 Å². The Hall–Kier alpha value is -2.04. The lowest BCUT2D eigenvalue weighted by Gasteiger charge is -2.08. The maximum atomic E-state index is 11.4. The van der Waals surface area contributed by atoms with Crippen LogP contribution in [-0.2, 0) is 9.53 Å². The molecule has 5 nitrogen and oxygen atoms in total. The first-order chi connectivity index (χ1) is 7.56. The van der Waals surface area contributed by atoms with Gasteiger partial charge in [-0.25, -0.2) is 4.79 Å². The molecule has 16 heavy (non-hydrogen) atoms. The predicted molar refractivity (Wildman–Crippen MR) is 58.4 cm³/mol. The summed E-state index contributed by atoms with van der Waals surface area (Å²) < 4.78 is 4.76. The Morgan fingerprint density at radius 3 is 2.69 bits per heavy atom. The highest BCUT2D eigenvalue weighted by Crippen LogP contribution is 2.27. The van der Waals surface area contributed by atoms with Crippen molar-refractivity contribution in [1.29, 1.82) is 0 Å². The summed E-state index contributed by atoms with van der Waals surface area (Å²) in [6.45, 7) is 3.21. The number of hydrogen-bond donors (Lipinski definition) is 2. The fourth-order valence-corrected chi connectivity index (χ4v) is 1.21. The molecule has 0 saturated heterocycles. The minimum atomic E-state index is -0.618. The Balaban J connectivity index is 3.03. The van der Waals surface area contributed by atoms with Crippen molar-refractivity contribution in [3.8, 4) is 5.75 Å². The lowest BCUT2D eigenvalue weighted by Crippen LogP contribution is -2.09.